The van der Waals surface area contributed by atoms with Gasteiger partial charge in [-0.05, 0) is 17.1 Å². The number of nitrogens with zero attached hydrogens (tertiary/aromatic N) is 1. The lowest BCUT2D eigenvalue weighted by molar-refractivity contribution is 1.47. The number of thiol groups is 2. The highest BCUT2D eigenvalue weighted by Crippen LogP contribution is 1.98. The standard InChI is InChI=1S/C6H9NS2/c1-5(8)3-4-6(9)7-2/h3-4,8H,1H2,2H3,(H,7,9)/b4-3-. The highest BCUT2D eigenvalue weighted by molar-refractivity contribution is 7.97. The van der Waals surface area contributed by atoms with Crippen molar-refractivity contribution >= 4 is 30.3 Å². The van der Waals surface area contributed by atoms with Crippen molar-refractivity contribution in [1.29, 1.82) is 0 Å². The third-order valence-corrected chi connectivity index (χ3v) is 1.15. The van der Waals surface area contributed by atoms with Crippen LogP contribution >= 0.6 is 25.3 Å². The van der Waals surface area contributed by atoms with Crippen molar-refractivity contribution in [3.63, 3.8) is 0 Å². The molecule has 9 heavy (non-hydrogen) atoms. The van der Waals surface area contributed by atoms with Gasteiger partial charge in [-0.1, -0.05) is 6.58 Å². The lowest BCUT2D eigenvalue weighted by Gasteiger charge is -1.84. The van der Waals surface area contributed by atoms with Crippen LogP contribution in [-0.2, 0) is 0 Å². The van der Waals surface area contributed by atoms with Crippen molar-refractivity contribution in [2.45, 2.75) is 0 Å². The molecule has 0 aromatic heterocycles. The molecule has 0 aromatic carbocycles. The quantitative estimate of drug-likeness (QED) is 0.264. The SMILES string of the molecule is C=C(S)/C=C\C(S)=N/C. The zero-order valence-corrected chi connectivity index (χ0v) is 6.99. The summed E-state index contributed by atoms with van der Waals surface area (Å²) in [5, 5.41) is 0.671. The number of aliphatic imine (C=N–C) groups is 1. The van der Waals surface area contributed by atoms with E-state index in [9.17, 15) is 0 Å². The minimum Gasteiger partial charge on any atom is -0.282 e. The third kappa shape index (κ3) is 5.73. The van der Waals surface area contributed by atoms with Crippen LogP contribution in [0.2, 0.25) is 0 Å². The van der Waals surface area contributed by atoms with Crippen molar-refractivity contribution in [3.05, 3.63) is 23.6 Å². The van der Waals surface area contributed by atoms with Gasteiger partial charge in [0.15, 0.2) is 0 Å². The van der Waals surface area contributed by atoms with Crippen LogP contribution in [0.25, 0.3) is 0 Å². The van der Waals surface area contributed by atoms with Gasteiger partial charge >= 0.3 is 0 Å². The highest BCUT2D eigenvalue weighted by Gasteiger charge is 1.78. The molecule has 0 bridgehead atoms. The Morgan fingerprint density at radius 1 is 1.44 bits per heavy atom. The molecule has 0 aliphatic heterocycles. The predicted octanol–water partition coefficient (Wildman–Crippen LogP) is 1.94. The normalized spacial score (nSPS) is 12.6. The first-order valence-corrected chi connectivity index (χ1v) is 3.28. The Morgan fingerprint density at radius 2 is 2.00 bits per heavy atom. The number of hydrogen-bond acceptors (Lipinski definition) is 2. The maximum absolute atomic E-state index is 3.99. The lowest BCUT2D eigenvalue weighted by atomic mass is 10.5. The van der Waals surface area contributed by atoms with Gasteiger partial charge in [0.25, 0.3) is 0 Å². The second-order valence-electron chi connectivity index (χ2n) is 1.41. The lowest BCUT2D eigenvalue weighted by Crippen LogP contribution is -1.76. The van der Waals surface area contributed by atoms with Gasteiger partial charge < -0.3 is 0 Å². The largest absolute Gasteiger partial charge is 0.282 e. The van der Waals surface area contributed by atoms with E-state index >= 15 is 0 Å². The number of hydrogen-bond donors (Lipinski definition) is 2. The van der Waals surface area contributed by atoms with E-state index in [0.717, 1.165) is 0 Å². The van der Waals surface area contributed by atoms with Gasteiger partial charge in [0.1, 0.15) is 0 Å². The Kier molecular flexibility index (Phi) is 4.62. The van der Waals surface area contributed by atoms with Crippen LogP contribution in [-0.4, -0.2) is 12.1 Å². The summed E-state index contributed by atoms with van der Waals surface area (Å²) >= 11 is 7.93. The fourth-order valence-corrected chi connectivity index (χ4v) is 0.394. The molecule has 0 radical (unpaired) electrons. The van der Waals surface area contributed by atoms with E-state index in [1.165, 1.54) is 0 Å². The highest BCUT2D eigenvalue weighted by atomic mass is 32.1. The van der Waals surface area contributed by atoms with Crippen LogP contribution in [0.3, 0.4) is 0 Å². The molecule has 0 aliphatic carbocycles. The minimum absolute atomic E-state index is 0.671. The molecule has 0 fully saturated rings. The zero-order valence-electron chi connectivity index (χ0n) is 5.20. The van der Waals surface area contributed by atoms with Crippen molar-refractivity contribution in [2.75, 3.05) is 7.05 Å². The Balaban J connectivity index is 3.86. The number of allylic oxidation sites excluding steroid dienone is 1. The molecule has 0 saturated heterocycles. The minimum atomic E-state index is 0.671. The molecule has 3 heteroatoms. The second kappa shape index (κ2) is 4.70. The molecule has 0 aromatic rings. The van der Waals surface area contributed by atoms with E-state index in [4.69, 9.17) is 0 Å². The fraction of sp³-hybridized carbons (Fsp3) is 0.167. The first-order valence-electron chi connectivity index (χ1n) is 2.38. The van der Waals surface area contributed by atoms with E-state index < -0.39 is 0 Å². The molecule has 0 amide bonds. The van der Waals surface area contributed by atoms with Gasteiger partial charge in [0, 0.05) is 7.05 Å². The molecule has 0 saturated carbocycles. The van der Waals surface area contributed by atoms with Gasteiger partial charge in [-0.3, -0.25) is 4.99 Å². The Labute approximate surface area is 66.4 Å². The molecule has 0 spiro atoms. The monoisotopic (exact) mass is 159 g/mol. The second-order valence-corrected chi connectivity index (χ2v) is 2.44. The summed E-state index contributed by atoms with van der Waals surface area (Å²) in [4.78, 5) is 4.48. The van der Waals surface area contributed by atoms with Crippen molar-refractivity contribution in [1.82, 2.24) is 0 Å². The van der Waals surface area contributed by atoms with Gasteiger partial charge in [0.05, 0.1) is 5.04 Å². The molecule has 1 nitrogen and oxygen atoms in total. The first kappa shape index (κ1) is 8.85. The average molecular weight is 159 g/mol. The molecule has 0 atom stereocenters. The smallest absolute Gasteiger partial charge is 0.0870 e. The maximum atomic E-state index is 3.99. The van der Waals surface area contributed by atoms with Crippen molar-refractivity contribution in [2.24, 2.45) is 4.99 Å². The summed E-state index contributed by atoms with van der Waals surface area (Å²) in [6.07, 6.45) is 3.47. The first-order chi connectivity index (χ1) is 4.16. The van der Waals surface area contributed by atoms with E-state index in [0.29, 0.717) is 9.95 Å². The molecular formula is C6H9NS2. The van der Waals surface area contributed by atoms with Gasteiger partial charge in [0.2, 0.25) is 0 Å². The Bertz CT molecular complexity index is 158. The molecule has 0 aliphatic rings. The van der Waals surface area contributed by atoms with Crippen LogP contribution in [0.15, 0.2) is 28.6 Å². The Hall–Kier alpha value is -0.150. The molecule has 0 rings (SSSR count). The third-order valence-electron chi connectivity index (χ3n) is 0.654. The predicted molar refractivity (Wildman–Crippen MR) is 49.6 cm³/mol. The summed E-state index contributed by atoms with van der Waals surface area (Å²) in [6.45, 7) is 3.55. The average Bonchev–Trinajstić information content (AvgIpc) is 1.83. The van der Waals surface area contributed by atoms with Crippen LogP contribution in [0.1, 0.15) is 0 Å². The molecule has 0 heterocycles. The summed E-state index contributed by atoms with van der Waals surface area (Å²) in [7, 11) is 1.67. The van der Waals surface area contributed by atoms with Crippen molar-refractivity contribution in [3.8, 4) is 0 Å². The zero-order chi connectivity index (χ0) is 7.28. The van der Waals surface area contributed by atoms with Crippen LogP contribution < -0.4 is 0 Å². The van der Waals surface area contributed by atoms with E-state index in [1.54, 1.807) is 19.2 Å². The van der Waals surface area contributed by atoms with E-state index in [1.807, 2.05) is 0 Å². The van der Waals surface area contributed by atoms with Crippen LogP contribution in [0, 0.1) is 0 Å². The van der Waals surface area contributed by atoms with Crippen LogP contribution in [0.5, 0.6) is 0 Å². The number of rotatable bonds is 2. The summed E-state index contributed by atoms with van der Waals surface area (Å²) in [5.41, 5.74) is 0. The molecule has 0 unspecified atom stereocenters. The van der Waals surface area contributed by atoms with Gasteiger partial charge in [-0.15, -0.1) is 25.3 Å². The van der Waals surface area contributed by atoms with E-state index in [2.05, 4.69) is 36.8 Å². The van der Waals surface area contributed by atoms with E-state index in [-0.39, 0.29) is 0 Å². The van der Waals surface area contributed by atoms with Crippen LogP contribution in [0.4, 0.5) is 0 Å². The fourth-order valence-electron chi connectivity index (χ4n) is 0.245. The Morgan fingerprint density at radius 3 is 2.33 bits per heavy atom. The van der Waals surface area contributed by atoms with Crippen molar-refractivity contribution < 1.29 is 0 Å². The summed E-state index contributed by atoms with van der Waals surface area (Å²) in [5.74, 6) is 0. The summed E-state index contributed by atoms with van der Waals surface area (Å²) in [6, 6.07) is 0. The molecule has 0 N–H and O–H groups in total. The topological polar surface area (TPSA) is 12.4 Å². The van der Waals surface area contributed by atoms with Gasteiger partial charge in [-0.25, -0.2) is 0 Å². The molecular weight excluding hydrogens is 150 g/mol. The maximum Gasteiger partial charge on any atom is 0.0870 e. The summed E-state index contributed by atoms with van der Waals surface area (Å²) < 4.78 is 0. The van der Waals surface area contributed by atoms with Gasteiger partial charge in [-0.2, -0.15) is 0 Å². The molecule has 50 valence electrons.